The van der Waals surface area contributed by atoms with Gasteiger partial charge in [-0.2, -0.15) is 0 Å². The van der Waals surface area contributed by atoms with E-state index < -0.39 is 0 Å². The van der Waals surface area contributed by atoms with E-state index in [4.69, 9.17) is 0 Å². The summed E-state index contributed by atoms with van der Waals surface area (Å²) in [6.45, 7) is 6.87. The first kappa shape index (κ1) is 13.9. The minimum atomic E-state index is -0.198. The van der Waals surface area contributed by atoms with Gasteiger partial charge in [0.25, 0.3) is 0 Å². The number of nitrogens with one attached hydrogen (secondary N) is 1. The molecule has 2 aromatic rings. The zero-order valence-electron chi connectivity index (χ0n) is 11.4. The minimum absolute atomic E-state index is 0.198. The predicted octanol–water partition coefficient (Wildman–Crippen LogP) is 3.80. The van der Waals surface area contributed by atoms with Crippen molar-refractivity contribution in [3.63, 3.8) is 0 Å². The van der Waals surface area contributed by atoms with Crippen LogP contribution in [0.15, 0.2) is 18.2 Å². The van der Waals surface area contributed by atoms with Crippen molar-refractivity contribution in [2.45, 2.75) is 33.7 Å². The molecule has 0 spiro atoms. The first-order valence-electron chi connectivity index (χ1n) is 6.36. The fourth-order valence-corrected chi connectivity index (χ4v) is 2.73. The molecule has 1 aromatic carbocycles. The van der Waals surface area contributed by atoms with Gasteiger partial charge in [-0.25, -0.2) is 4.39 Å². The van der Waals surface area contributed by atoms with Crippen LogP contribution in [0.3, 0.4) is 0 Å². The summed E-state index contributed by atoms with van der Waals surface area (Å²) in [6, 6.07) is 4.82. The number of benzene rings is 1. The molecule has 1 N–H and O–H groups in total. The third kappa shape index (κ3) is 3.99. The number of anilines is 1. The minimum Gasteiger partial charge on any atom is -0.356 e. The summed E-state index contributed by atoms with van der Waals surface area (Å²) in [7, 11) is 0. The van der Waals surface area contributed by atoms with Crippen LogP contribution in [0, 0.1) is 18.7 Å². The van der Waals surface area contributed by atoms with Crippen LogP contribution >= 0.6 is 11.3 Å². The first-order chi connectivity index (χ1) is 9.04. The lowest BCUT2D eigenvalue weighted by molar-refractivity contribution is 0.625. The molecule has 0 unspecified atom stereocenters. The van der Waals surface area contributed by atoms with Crippen molar-refractivity contribution in [1.82, 2.24) is 10.2 Å². The van der Waals surface area contributed by atoms with E-state index in [-0.39, 0.29) is 5.82 Å². The Balaban J connectivity index is 1.96. The smallest absolute Gasteiger partial charge is 0.205 e. The Hall–Kier alpha value is -1.49. The van der Waals surface area contributed by atoms with Gasteiger partial charge in [-0.05, 0) is 36.1 Å². The Labute approximate surface area is 116 Å². The number of aryl methyl sites for hydroxylation is 1. The Morgan fingerprint density at radius 1 is 1.32 bits per heavy atom. The molecular formula is C14H18FN3S. The van der Waals surface area contributed by atoms with E-state index in [9.17, 15) is 4.39 Å². The second-order valence-corrected chi connectivity index (χ2v) is 6.09. The number of hydrogen-bond acceptors (Lipinski definition) is 4. The molecule has 0 aliphatic heterocycles. The van der Waals surface area contributed by atoms with Gasteiger partial charge in [0, 0.05) is 13.0 Å². The number of nitrogens with zero attached hydrogens (tertiary/aromatic N) is 2. The SMILES string of the molecule is Cc1cc(F)ccc1CNc1nnc(CC(C)C)s1. The zero-order chi connectivity index (χ0) is 13.8. The van der Waals surface area contributed by atoms with Crippen molar-refractivity contribution in [2.24, 2.45) is 5.92 Å². The Morgan fingerprint density at radius 2 is 2.11 bits per heavy atom. The van der Waals surface area contributed by atoms with Gasteiger partial charge in [0.2, 0.25) is 5.13 Å². The van der Waals surface area contributed by atoms with Crippen LogP contribution in [-0.4, -0.2) is 10.2 Å². The summed E-state index contributed by atoms with van der Waals surface area (Å²) in [5.74, 6) is 0.386. The lowest BCUT2D eigenvalue weighted by Crippen LogP contribution is -2.01. The maximum Gasteiger partial charge on any atom is 0.205 e. The van der Waals surface area contributed by atoms with Crippen LogP contribution in [0.25, 0.3) is 0 Å². The summed E-state index contributed by atoms with van der Waals surface area (Å²) in [6.07, 6.45) is 0.953. The number of aromatic nitrogens is 2. The van der Waals surface area contributed by atoms with Gasteiger partial charge in [-0.3, -0.25) is 0 Å². The highest BCUT2D eigenvalue weighted by Gasteiger charge is 2.06. The Morgan fingerprint density at radius 3 is 2.79 bits per heavy atom. The Bertz CT molecular complexity index is 551. The molecule has 0 bridgehead atoms. The second kappa shape index (κ2) is 6.10. The standard InChI is InChI=1S/C14H18FN3S/c1-9(2)6-13-17-18-14(19-13)16-8-11-4-5-12(15)7-10(11)3/h4-5,7,9H,6,8H2,1-3H3,(H,16,18). The van der Waals surface area contributed by atoms with E-state index in [0.717, 1.165) is 27.7 Å². The van der Waals surface area contributed by atoms with Gasteiger partial charge >= 0.3 is 0 Å². The molecule has 1 heterocycles. The fourth-order valence-electron chi connectivity index (χ4n) is 1.79. The molecule has 1 aromatic heterocycles. The summed E-state index contributed by atoms with van der Waals surface area (Å²) in [5, 5.41) is 13.4. The van der Waals surface area contributed by atoms with E-state index in [0.29, 0.717) is 12.5 Å². The molecule has 0 atom stereocenters. The summed E-state index contributed by atoms with van der Waals surface area (Å²) >= 11 is 1.58. The van der Waals surface area contributed by atoms with Crippen molar-refractivity contribution in [1.29, 1.82) is 0 Å². The highest BCUT2D eigenvalue weighted by molar-refractivity contribution is 7.15. The maximum atomic E-state index is 13.0. The van der Waals surface area contributed by atoms with E-state index in [1.54, 1.807) is 23.5 Å². The number of hydrogen-bond donors (Lipinski definition) is 1. The van der Waals surface area contributed by atoms with Gasteiger partial charge in [-0.1, -0.05) is 31.3 Å². The molecule has 102 valence electrons. The third-order valence-electron chi connectivity index (χ3n) is 2.78. The average molecular weight is 279 g/mol. The lowest BCUT2D eigenvalue weighted by Gasteiger charge is -2.06. The van der Waals surface area contributed by atoms with E-state index >= 15 is 0 Å². The van der Waals surface area contributed by atoms with Crippen molar-refractivity contribution in [3.8, 4) is 0 Å². The quantitative estimate of drug-likeness (QED) is 0.904. The fraction of sp³-hybridized carbons (Fsp3) is 0.429. The monoisotopic (exact) mass is 279 g/mol. The third-order valence-corrected chi connectivity index (χ3v) is 3.69. The molecule has 0 aliphatic rings. The molecule has 0 amide bonds. The van der Waals surface area contributed by atoms with Crippen molar-refractivity contribution >= 4 is 16.5 Å². The molecule has 0 saturated heterocycles. The van der Waals surface area contributed by atoms with Gasteiger partial charge in [0.05, 0.1) is 0 Å². The number of halogens is 1. The molecule has 2 rings (SSSR count). The molecule has 0 fully saturated rings. The molecule has 0 radical (unpaired) electrons. The van der Waals surface area contributed by atoms with Crippen molar-refractivity contribution < 1.29 is 4.39 Å². The number of rotatable bonds is 5. The first-order valence-corrected chi connectivity index (χ1v) is 7.17. The van der Waals surface area contributed by atoms with E-state index in [1.807, 2.05) is 6.92 Å². The molecule has 0 aliphatic carbocycles. The highest BCUT2D eigenvalue weighted by atomic mass is 32.1. The molecular weight excluding hydrogens is 261 g/mol. The maximum absolute atomic E-state index is 13.0. The van der Waals surface area contributed by atoms with Crippen LogP contribution in [0.5, 0.6) is 0 Å². The van der Waals surface area contributed by atoms with Crippen LogP contribution in [-0.2, 0) is 13.0 Å². The highest BCUT2D eigenvalue weighted by Crippen LogP contribution is 2.19. The van der Waals surface area contributed by atoms with E-state index in [1.165, 1.54) is 6.07 Å². The summed E-state index contributed by atoms with van der Waals surface area (Å²) in [4.78, 5) is 0. The van der Waals surface area contributed by atoms with Crippen LogP contribution in [0.2, 0.25) is 0 Å². The van der Waals surface area contributed by atoms with Crippen molar-refractivity contribution in [2.75, 3.05) is 5.32 Å². The lowest BCUT2D eigenvalue weighted by atomic mass is 10.1. The van der Waals surface area contributed by atoms with Gasteiger partial charge < -0.3 is 5.32 Å². The van der Waals surface area contributed by atoms with Gasteiger partial charge in [-0.15, -0.1) is 10.2 Å². The van der Waals surface area contributed by atoms with E-state index in [2.05, 4.69) is 29.4 Å². The molecule has 3 nitrogen and oxygen atoms in total. The predicted molar refractivity (Wildman–Crippen MR) is 76.9 cm³/mol. The largest absolute Gasteiger partial charge is 0.356 e. The van der Waals surface area contributed by atoms with Crippen LogP contribution < -0.4 is 5.32 Å². The summed E-state index contributed by atoms with van der Waals surface area (Å²) < 4.78 is 13.0. The van der Waals surface area contributed by atoms with Crippen LogP contribution in [0.4, 0.5) is 9.52 Å². The second-order valence-electron chi connectivity index (χ2n) is 5.02. The molecule has 0 saturated carbocycles. The normalized spacial score (nSPS) is 11.0. The molecule has 19 heavy (non-hydrogen) atoms. The van der Waals surface area contributed by atoms with Crippen molar-refractivity contribution in [3.05, 3.63) is 40.2 Å². The van der Waals surface area contributed by atoms with Gasteiger partial charge in [0.1, 0.15) is 10.8 Å². The Kier molecular flexibility index (Phi) is 4.47. The topological polar surface area (TPSA) is 37.8 Å². The van der Waals surface area contributed by atoms with Gasteiger partial charge in [0.15, 0.2) is 0 Å². The average Bonchev–Trinajstić information content (AvgIpc) is 2.74. The van der Waals surface area contributed by atoms with Crippen LogP contribution in [0.1, 0.15) is 30.0 Å². The molecule has 5 heteroatoms. The zero-order valence-corrected chi connectivity index (χ0v) is 12.2. The summed E-state index contributed by atoms with van der Waals surface area (Å²) in [5.41, 5.74) is 2.02.